The minimum atomic E-state index is -0.561. The molecule has 1 unspecified atom stereocenters. The molecule has 1 fully saturated rings. The fourth-order valence-corrected chi connectivity index (χ4v) is 3.11. The third kappa shape index (κ3) is 3.87. The standard InChI is InChI=1S/C18H29N3O/c1-13(2)21-11-9-16(10-12-21)20(4)18(22)17(19)15-7-5-14(3)6-8-15/h5-8,13,16-17H,9-12,19H2,1-4H3. The fourth-order valence-electron chi connectivity index (χ4n) is 3.11. The van der Waals surface area contributed by atoms with Gasteiger partial charge >= 0.3 is 0 Å². The van der Waals surface area contributed by atoms with Crippen molar-refractivity contribution in [1.82, 2.24) is 9.80 Å². The third-order valence-electron chi connectivity index (χ3n) is 4.83. The number of likely N-dealkylation sites (tertiary alicyclic amines) is 1. The zero-order chi connectivity index (χ0) is 16.3. The molecule has 1 atom stereocenters. The van der Waals surface area contributed by atoms with Crippen molar-refractivity contribution in [2.45, 2.75) is 51.7 Å². The number of nitrogens with zero attached hydrogens (tertiary/aromatic N) is 2. The first-order valence-corrected chi connectivity index (χ1v) is 8.23. The molecule has 0 saturated carbocycles. The number of aryl methyl sites for hydroxylation is 1. The van der Waals surface area contributed by atoms with Gasteiger partial charge < -0.3 is 15.5 Å². The molecule has 0 bridgehead atoms. The second-order valence-electron chi connectivity index (χ2n) is 6.70. The number of benzene rings is 1. The Hall–Kier alpha value is -1.39. The summed E-state index contributed by atoms with van der Waals surface area (Å²) in [5.41, 5.74) is 8.24. The molecule has 2 N–H and O–H groups in total. The lowest BCUT2D eigenvalue weighted by Crippen LogP contribution is -2.49. The molecule has 0 aromatic heterocycles. The van der Waals surface area contributed by atoms with Crippen LogP contribution in [0.15, 0.2) is 24.3 Å². The zero-order valence-electron chi connectivity index (χ0n) is 14.2. The highest BCUT2D eigenvalue weighted by atomic mass is 16.2. The summed E-state index contributed by atoms with van der Waals surface area (Å²) in [6.45, 7) is 8.59. The van der Waals surface area contributed by atoms with E-state index in [0.29, 0.717) is 12.1 Å². The summed E-state index contributed by atoms with van der Waals surface area (Å²) in [6, 6.07) is 8.23. The summed E-state index contributed by atoms with van der Waals surface area (Å²) in [5, 5.41) is 0. The Balaban J connectivity index is 1.96. The first-order valence-electron chi connectivity index (χ1n) is 8.23. The van der Waals surface area contributed by atoms with Crippen LogP contribution < -0.4 is 5.73 Å². The molecule has 1 amide bonds. The van der Waals surface area contributed by atoms with Gasteiger partial charge in [-0.2, -0.15) is 0 Å². The molecular weight excluding hydrogens is 274 g/mol. The van der Waals surface area contributed by atoms with Crippen molar-refractivity contribution in [3.63, 3.8) is 0 Å². The van der Waals surface area contributed by atoms with Crippen LogP contribution in [0.2, 0.25) is 0 Å². The molecule has 0 spiro atoms. The number of nitrogens with two attached hydrogens (primary N) is 1. The van der Waals surface area contributed by atoms with Gasteiger partial charge in [-0.3, -0.25) is 4.79 Å². The summed E-state index contributed by atoms with van der Waals surface area (Å²) >= 11 is 0. The average Bonchev–Trinajstić information content (AvgIpc) is 2.53. The van der Waals surface area contributed by atoms with E-state index in [4.69, 9.17) is 5.73 Å². The van der Waals surface area contributed by atoms with E-state index >= 15 is 0 Å². The minimum Gasteiger partial charge on any atom is -0.341 e. The fraction of sp³-hybridized carbons (Fsp3) is 0.611. The molecule has 4 nitrogen and oxygen atoms in total. The number of hydrogen-bond donors (Lipinski definition) is 1. The molecule has 1 heterocycles. The topological polar surface area (TPSA) is 49.6 Å². The number of rotatable bonds is 4. The van der Waals surface area contributed by atoms with Crippen LogP contribution in [0.1, 0.15) is 43.9 Å². The Morgan fingerprint density at radius 1 is 1.23 bits per heavy atom. The maximum absolute atomic E-state index is 12.6. The van der Waals surface area contributed by atoms with Crippen molar-refractivity contribution < 1.29 is 4.79 Å². The SMILES string of the molecule is Cc1ccc(C(N)C(=O)N(C)C2CCN(C(C)C)CC2)cc1. The van der Waals surface area contributed by atoms with E-state index in [0.717, 1.165) is 31.5 Å². The van der Waals surface area contributed by atoms with Crippen LogP contribution in [0.3, 0.4) is 0 Å². The maximum atomic E-state index is 12.6. The lowest BCUT2D eigenvalue weighted by Gasteiger charge is -2.39. The van der Waals surface area contributed by atoms with Crippen molar-refractivity contribution in [2.75, 3.05) is 20.1 Å². The third-order valence-corrected chi connectivity index (χ3v) is 4.83. The smallest absolute Gasteiger partial charge is 0.244 e. The number of likely N-dealkylation sites (N-methyl/N-ethyl adjacent to an activating group) is 1. The number of piperidine rings is 1. The molecule has 1 saturated heterocycles. The highest BCUT2D eigenvalue weighted by Gasteiger charge is 2.29. The predicted molar refractivity (Wildman–Crippen MR) is 90.6 cm³/mol. The molecule has 122 valence electrons. The van der Waals surface area contributed by atoms with E-state index in [1.54, 1.807) is 0 Å². The van der Waals surface area contributed by atoms with E-state index in [1.165, 1.54) is 5.56 Å². The van der Waals surface area contributed by atoms with Crippen molar-refractivity contribution in [2.24, 2.45) is 5.73 Å². The number of amides is 1. The van der Waals surface area contributed by atoms with E-state index in [1.807, 2.05) is 43.1 Å². The number of carbonyl (C=O) groups is 1. The van der Waals surface area contributed by atoms with E-state index in [9.17, 15) is 4.79 Å². The molecular formula is C18H29N3O. The van der Waals surface area contributed by atoms with Gasteiger partial charge in [0.1, 0.15) is 6.04 Å². The van der Waals surface area contributed by atoms with E-state index in [-0.39, 0.29) is 5.91 Å². The first kappa shape index (κ1) is 17.0. The van der Waals surface area contributed by atoms with Gasteiger partial charge in [0, 0.05) is 32.2 Å². The van der Waals surface area contributed by atoms with Gasteiger partial charge in [-0.05, 0) is 39.2 Å². The van der Waals surface area contributed by atoms with Gasteiger partial charge in [0.2, 0.25) is 5.91 Å². The first-order chi connectivity index (χ1) is 10.4. The van der Waals surface area contributed by atoms with Gasteiger partial charge in [-0.25, -0.2) is 0 Å². The second-order valence-corrected chi connectivity index (χ2v) is 6.70. The van der Waals surface area contributed by atoms with Crippen LogP contribution in [0, 0.1) is 6.92 Å². The maximum Gasteiger partial charge on any atom is 0.244 e. The van der Waals surface area contributed by atoms with Crippen LogP contribution in [-0.4, -0.2) is 47.9 Å². The van der Waals surface area contributed by atoms with Crippen LogP contribution in [-0.2, 0) is 4.79 Å². The molecule has 1 aliphatic rings. The van der Waals surface area contributed by atoms with Crippen molar-refractivity contribution >= 4 is 5.91 Å². The highest BCUT2D eigenvalue weighted by molar-refractivity contribution is 5.83. The predicted octanol–water partition coefficient (Wildman–Crippen LogP) is 2.33. The van der Waals surface area contributed by atoms with Crippen molar-refractivity contribution in [3.05, 3.63) is 35.4 Å². The highest BCUT2D eigenvalue weighted by Crippen LogP contribution is 2.21. The van der Waals surface area contributed by atoms with Crippen molar-refractivity contribution in [1.29, 1.82) is 0 Å². The summed E-state index contributed by atoms with van der Waals surface area (Å²) in [5.74, 6) is 0.0202. The van der Waals surface area contributed by atoms with Crippen LogP contribution in [0.25, 0.3) is 0 Å². The van der Waals surface area contributed by atoms with E-state index in [2.05, 4.69) is 18.7 Å². The zero-order valence-corrected chi connectivity index (χ0v) is 14.2. The average molecular weight is 303 g/mol. The normalized spacial score (nSPS) is 18.5. The Kier molecular flexibility index (Phi) is 5.59. The monoisotopic (exact) mass is 303 g/mol. The largest absolute Gasteiger partial charge is 0.341 e. The van der Waals surface area contributed by atoms with Gasteiger partial charge in [0.25, 0.3) is 0 Å². The van der Waals surface area contributed by atoms with Crippen LogP contribution in [0.5, 0.6) is 0 Å². The Morgan fingerprint density at radius 2 is 1.77 bits per heavy atom. The molecule has 0 aliphatic carbocycles. The van der Waals surface area contributed by atoms with E-state index < -0.39 is 6.04 Å². The Bertz CT molecular complexity index is 490. The van der Waals surface area contributed by atoms with Crippen molar-refractivity contribution in [3.8, 4) is 0 Å². The summed E-state index contributed by atoms with van der Waals surface area (Å²) < 4.78 is 0. The Labute approximate surface area is 134 Å². The van der Waals surface area contributed by atoms with Gasteiger partial charge in [-0.1, -0.05) is 29.8 Å². The molecule has 2 rings (SSSR count). The quantitative estimate of drug-likeness (QED) is 0.929. The lowest BCUT2D eigenvalue weighted by molar-refractivity contribution is -0.134. The summed E-state index contributed by atoms with van der Waals surface area (Å²) in [6.07, 6.45) is 2.06. The van der Waals surface area contributed by atoms with Gasteiger partial charge in [0.05, 0.1) is 0 Å². The van der Waals surface area contributed by atoms with Gasteiger partial charge in [0.15, 0.2) is 0 Å². The second kappa shape index (κ2) is 7.25. The van der Waals surface area contributed by atoms with Crippen LogP contribution >= 0.6 is 0 Å². The molecule has 1 aliphatic heterocycles. The molecule has 0 radical (unpaired) electrons. The minimum absolute atomic E-state index is 0.0202. The number of carbonyl (C=O) groups excluding carboxylic acids is 1. The number of hydrogen-bond acceptors (Lipinski definition) is 3. The lowest BCUT2D eigenvalue weighted by atomic mass is 10.00. The van der Waals surface area contributed by atoms with Gasteiger partial charge in [-0.15, -0.1) is 0 Å². The summed E-state index contributed by atoms with van der Waals surface area (Å²) in [4.78, 5) is 17.0. The molecule has 1 aromatic rings. The molecule has 4 heteroatoms. The summed E-state index contributed by atoms with van der Waals surface area (Å²) in [7, 11) is 1.89. The Morgan fingerprint density at radius 3 is 2.27 bits per heavy atom. The molecule has 22 heavy (non-hydrogen) atoms. The van der Waals surface area contributed by atoms with Crippen LogP contribution in [0.4, 0.5) is 0 Å². The molecule has 1 aromatic carbocycles.